The summed E-state index contributed by atoms with van der Waals surface area (Å²) in [7, 11) is 0. The van der Waals surface area contributed by atoms with Gasteiger partial charge in [0.15, 0.2) is 0 Å². The molecule has 3 amide bonds. The zero-order chi connectivity index (χ0) is 22.1. The van der Waals surface area contributed by atoms with Crippen LogP contribution in [0.2, 0.25) is 0 Å². The van der Waals surface area contributed by atoms with E-state index in [1.165, 1.54) is 6.20 Å². The summed E-state index contributed by atoms with van der Waals surface area (Å²) in [5.74, 6) is -0.719. The van der Waals surface area contributed by atoms with Crippen molar-refractivity contribution < 1.29 is 14.4 Å². The second-order valence-electron chi connectivity index (χ2n) is 8.46. The van der Waals surface area contributed by atoms with Crippen LogP contribution in [0.25, 0.3) is 0 Å². The van der Waals surface area contributed by atoms with E-state index in [0.29, 0.717) is 30.2 Å². The van der Waals surface area contributed by atoms with Crippen molar-refractivity contribution in [2.75, 3.05) is 24.1 Å². The highest BCUT2D eigenvalue weighted by Crippen LogP contribution is 2.34. The number of likely N-dealkylation sites (tertiary alicyclic amines) is 1. The summed E-state index contributed by atoms with van der Waals surface area (Å²) in [4.78, 5) is 43.8. The van der Waals surface area contributed by atoms with Gasteiger partial charge in [-0.2, -0.15) is 0 Å². The Morgan fingerprint density at radius 2 is 2.06 bits per heavy atom. The van der Waals surface area contributed by atoms with E-state index in [2.05, 4.69) is 22.5 Å². The number of aryl methyl sites for hydroxylation is 1. The first-order chi connectivity index (χ1) is 14.8. The lowest BCUT2D eigenvalue weighted by molar-refractivity contribution is -0.146. The van der Waals surface area contributed by atoms with Crippen LogP contribution in [0.4, 0.5) is 11.5 Å². The Bertz CT molecular complexity index is 1050. The molecular formula is C23H27N5O3. The van der Waals surface area contributed by atoms with Gasteiger partial charge in [0.2, 0.25) is 0 Å². The molecular weight excluding hydrogens is 394 g/mol. The molecule has 8 heteroatoms. The molecule has 31 heavy (non-hydrogen) atoms. The van der Waals surface area contributed by atoms with E-state index in [9.17, 15) is 14.4 Å². The Morgan fingerprint density at radius 1 is 1.26 bits per heavy atom. The Kier molecular flexibility index (Phi) is 5.63. The molecule has 162 valence electrons. The van der Waals surface area contributed by atoms with E-state index in [1.807, 2.05) is 18.2 Å². The molecule has 1 aromatic heterocycles. The van der Waals surface area contributed by atoms with Crippen LogP contribution in [0, 0.1) is 12.8 Å². The van der Waals surface area contributed by atoms with Gasteiger partial charge in [0.05, 0.1) is 17.9 Å². The predicted molar refractivity (Wildman–Crippen MR) is 117 cm³/mol. The molecule has 1 aromatic carbocycles. The van der Waals surface area contributed by atoms with E-state index < -0.39 is 11.8 Å². The van der Waals surface area contributed by atoms with Gasteiger partial charge in [0, 0.05) is 18.7 Å². The van der Waals surface area contributed by atoms with Gasteiger partial charge in [0.25, 0.3) is 5.91 Å². The fourth-order valence-electron chi connectivity index (χ4n) is 4.33. The van der Waals surface area contributed by atoms with Crippen LogP contribution in [0.5, 0.6) is 0 Å². The number of carbonyl (C=O) groups excluding carboxylic acids is 3. The third-order valence-electron chi connectivity index (χ3n) is 6.09. The van der Waals surface area contributed by atoms with Crippen LogP contribution >= 0.6 is 0 Å². The van der Waals surface area contributed by atoms with Crippen molar-refractivity contribution in [2.24, 2.45) is 5.92 Å². The quantitative estimate of drug-likeness (QED) is 0.643. The first-order valence-corrected chi connectivity index (χ1v) is 10.6. The number of nitrogens with zero attached hydrogens (tertiary/aromatic N) is 2. The number of nitrogen functional groups attached to an aromatic ring is 1. The lowest BCUT2D eigenvalue weighted by Crippen LogP contribution is -2.46. The summed E-state index contributed by atoms with van der Waals surface area (Å²) < 4.78 is 0. The number of nitrogens with one attached hydrogen (secondary N) is 2. The Morgan fingerprint density at radius 3 is 2.84 bits per heavy atom. The molecule has 1 unspecified atom stereocenters. The molecule has 4 rings (SSSR count). The van der Waals surface area contributed by atoms with Crippen molar-refractivity contribution >= 4 is 29.2 Å². The van der Waals surface area contributed by atoms with Crippen molar-refractivity contribution in [3.63, 3.8) is 0 Å². The molecule has 8 nitrogen and oxygen atoms in total. The van der Waals surface area contributed by atoms with Crippen molar-refractivity contribution in [3.05, 3.63) is 52.7 Å². The molecule has 1 saturated heterocycles. The van der Waals surface area contributed by atoms with Crippen LogP contribution < -0.4 is 16.4 Å². The third kappa shape index (κ3) is 4.23. The zero-order valence-electron chi connectivity index (χ0n) is 17.8. The first-order valence-electron chi connectivity index (χ1n) is 10.6. The van der Waals surface area contributed by atoms with Crippen LogP contribution in [-0.2, 0) is 16.0 Å². The maximum Gasteiger partial charge on any atom is 0.313 e. The Hall–Kier alpha value is -3.42. The number of aromatic nitrogens is 1. The zero-order valence-corrected chi connectivity index (χ0v) is 17.8. The fourth-order valence-corrected chi connectivity index (χ4v) is 4.33. The van der Waals surface area contributed by atoms with Gasteiger partial charge in [-0.05, 0) is 60.9 Å². The van der Waals surface area contributed by atoms with Gasteiger partial charge in [-0.25, -0.2) is 4.98 Å². The number of piperidine rings is 1. The minimum Gasteiger partial charge on any atom is -0.383 e. The van der Waals surface area contributed by atoms with Gasteiger partial charge < -0.3 is 21.3 Å². The van der Waals surface area contributed by atoms with Gasteiger partial charge >= 0.3 is 11.8 Å². The van der Waals surface area contributed by atoms with Crippen molar-refractivity contribution in [3.8, 4) is 0 Å². The summed E-state index contributed by atoms with van der Waals surface area (Å²) in [6.45, 7) is 4.98. The van der Waals surface area contributed by atoms with Gasteiger partial charge in [-0.1, -0.05) is 19.1 Å². The normalized spacial score (nSPS) is 20.6. The second kappa shape index (κ2) is 8.37. The smallest absolute Gasteiger partial charge is 0.313 e. The molecule has 2 aliphatic rings. The number of nitrogens with two attached hydrogens (primary N) is 1. The molecule has 4 N–H and O–H groups in total. The lowest BCUT2D eigenvalue weighted by Gasteiger charge is -2.39. The number of hydrogen-bond donors (Lipinski definition) is 3. The predicted octanol–water partition coefficient (Wildman–Crippen LogP) is 2.20. The minimum atomic E-state index is -0.708. The maximum absolute atomic E-state index is 13.1. The third-order valence-corrected chi connectivity index (χ3v) is 6.09. The van der Waals surface area contributed by atoms with E-state index in [0.717, 1.165) is 36.0 Å². The standard InChI is InChI=1S/C23H27N5O3/c1-13-3-6-19(16-5-4-15-7-8-25-21(29)18(15)10-16)28(12-13)23(31)22(30)27-17-9-14(2)20(24)26-11-17/h4-5,9-11,13,19H,3,6-8,12H2,1-2H3,(H2,24,26)(H,25,29)(H,27,30)/t13-,19?/m0/s1. The summed E-state index contributed by atoms with van der Waals surface area (Å²) in [6.07, 6.45) is 3.92. The molecule has 2 aliphatic heterocycles. The Balaban J connectivity index is 1.57. The molecule has 1 fully saturated rings. The minimum absolute atomic E-state index is 0.0888. The number of carbonyl (C=O) groups is 3. The van der Waals surface area contributed by atoms with E-state index in [4.69, 9.17) is 5.73 Å². The summed E-state index contributed by atoms with van der Waals surface area (Å²) in [6, 6.07) is 7.25. The van der Waals surface area contributed by atoms with Crippen molar-refractivity contribution in [1.29, 1.82) is 0 Å². The van der Waals surface area contributed by atoms with Crippen LogP contribution in [0.15, 0.2) is 30.5 Å². The van der Waals surface area contributed by atoms with Crippen LogP contribution in [0.1, 0.15) is 52.9 Å². The van der Waals surface area contributed by atoms with Crippen LogP contribution in [-0.4, -0.2) is 40.7 Å². The molecule has 0 bridgehead atoms. The molecule has 0 aliphatic carbocycles. The number of rotatable bonds is 2. The van der Waals surface area contributed by atoms with Crippen LogP contribution in [0.3, 0.4) is 0 Å². The average Bonchev–Trinajstić information content (AvgIpc) is 2.76. The summed E-state index contributed by atoms with van der Waals surface area (Å²) >= 11 is 0. The first kappa shape index (κ1) is 20.8. The average molecular weight is 422 g/mol. The Labute approximate surface area is 181 Å². The number of amides is 3. The van der Waals surface area contributed by atoms with Crippen molar-refractivity contribution in [2.45, 2.75) is 39.2 Å². The number of anilines is 2. The molecule has 3 heterocycles. The van der Waals surface area contributed by atoms with Crippen molar-refractivity contribution in [1.82, 2.24) is 15.2 Å². The molecule has 0 radical (unpaired) electrons. The number of pyridine rings is 1. The topological polar surface area (TPSA) is 117 Å². The van der Waals surface area contributed by atoms with Gasteiger partial charge in [0.1, 0.15) is 5.82 Å². The summed E-state index contributed by atoms with van der Waals surface area (Å²) in [5, 5.41) is 5.50. The summed E-state index contributed by atoms with van der Waals surface area (Å²) in [5.41, 5.74) is 9.43. The highest BCUT2D eigenvalue weighted by atomic mass is 16.2. The number of hydrogen-bond acceptors (Lipinski definition) is 5. The van der Waals surface area contributed by atoms with E-state index in [1.54, 1.807) is 17.9 Å². The number of fused-ring (bicyclic) bond motifs is 1. The maximum atomic E-state index is 13.1. The monoisotopic (exact) mass is 421 g/mol. The van der Waals surface area contributed by atoms with E-state index in [-0.39, 0.29) is 17.9 Å². The van der Waals surface area contributed by atoms with Gasteiger partial charge in [-0.15, -0.1) is 0 Å². The fraction of sp³-hybridized carbons (Fsp3) is 0.391. The molecule has 0 saturated carbocycles. The highest BCUT2D eigenvalue weighted by molar-refractivity contribution is 6.39. The molecule has 0 spiro atoms. The number of benzene rings is 1. The SMILES string of the molecule is Cc1cc(NC(=O)C(=O)N2C[C@@H](C)CCC2c2ccc3c(c2)C(=O)NCC3)cnc1N. The largest absolute Gasteiger partial charge is 0.383 e. The molecule has 2 aromatic rings. The lowest BCUT2D eigenvalue weighted by atomic mass is 9.87. The second-order valence-corrected chi connectivity index (χ2v) is 8.46. The van der Waals surface area contributed by atoms with E-state index >= 15 is 0 Å². The highest BCUT2D eigenvalue weighted by Gasteiger charge is 2.35. The van der Waals surface area contributed by atoms with Gasteiger partial charge in [-0.3, -0.25) is 14.4 Å². The molecule has 2 atom stereocenters.